The molecule has 2 atom stereocenters. The zero-order valence-electron chi connectivity index (χ0n) is 10.7. The molecule has 1 aliphatic carbocycles. The number of nitrogens with one attached hydrogen (secondary N) is 1. The summed E-state index contributed by atoms with van der Waals surface area (Å²) >= 11 is 0. The summed E-state index contributed by atoms with van der Waals surface area (Å²) in [5.41, 5.74) is 0.597. The molecule has 1 fully saturated rings. The molecule has 1 saturated carbocycles. The molecule has 0 aliphatic heterocycles. The second-order valence-corrected chi connectivity index (χ2v) is 5.58. The van der Waals surface area contributed by atoms with Crippen LogP contribution in [0.1, 0.15) is 52.9 Å². The molecule has 0 aromatic heterocycles. The molecular weight excluding hydrogens is 182 g/mol. The fraction of sp³-hybridized carbons (Fsp3) is 0.857. The van der Waals surface area contributed by atoms with Crippen molar-refractivity contribution in [3.63, 3.8) is 0 Å². The van der Waals surface area contributed by atoms with Gasteiger partial charge in [0.15, 0.2) is 0 Å². The molecule has 2 unspecified atom stereocenters. The van der Waals surface area contributed by atoms with Crippen molar-refractivity contribution in [2.45, 2.75) is 58.9 Å². The van der Waals surface area contributed by atoms with E-state index in [0.717, 1.165) is 18.4 Å². The lowest BCUT2D eigenvalue weighted by molar-refractivity contribution is 0.378. The summed E-state index contributed by atoms with van der Waals surface area (Å²) < 4.78 is 0. The van der Waals surface area contributed by atoms with Gasteiger partial charge in [0, 0.05) is 6.04 Å². The van der Waals surface area contributed by atoms with Gasteiger partial charge in [-0.2, -0.15) is 0 Å². The highest BCUT2D eigenvalue weighted by atomic mass is 14.9. The molecule has 0 saturated heterocycles. The first-order valence-corrected chi connectivity index (χ1v) is 6.46. The maximum atomic E-state index is 3.79. The van der Waals surface area contributed by atoms with Gasteiger partial charge in [0.05, 0.1) is 0 Å². The highest BCUT2D eigenvalue weighted by molar-refractivity contribution is 5.01. The number of allylic oxidation sites excluding steroid dienone is 1. The van der Waals surface area contributed by atoms with Crippen LogP contribution in [0.25, 0.3) is 0 Å². The second-order valence-electron chi connectivity index (χ2n) is 5.58. The van der Waals surface area contributed by atoms with E-state index in [-0.39, 0.29) is 0 Å². The van der Waals surface area contributed by atoms with Gasteiger partial charge < -0.3 is 5.32 Å². The maximum absolute atomic E-state index is 3.79. The SMILES string of the molecule is C=CCCCC(NCCC)C1CC1(C)C. The zero-order valence-corrected chi connectivity index (χ0v) is 10.7. The van der Waals surface area contributed by atoms with Crippen molar-refractivity contribution < 1.29 is 0 Å². The van der Waals surface area contributed by atoms with Crippen molar-refractivity contribution in [3.05, 3.63) is 12.7 Å². The molecule has 0 amide bonds. The van der Waals surface area contributed by atoms with E-state index in [2.05, 4.69) is 32.7 Å². The van der Waals surface area contributed by atoms with E-state index < -0.39 is 0 Å². The number of hydrogen-bond acceptors (Lipinski definition) is 1. The third-order valence-corrected chi connectivity index (χ3v) is 3.66. The number of unbranched alkanes of at least 4 members (excludes halogenated alkanes) is 1. The second kappa shape index (κ2) is 5.69. The van der Waals surface area contributed by atoms with Crippen molar-refractivity contribution in [1.82, 2.24) is 5.32 Å². The summed E-state index contributed by atoms with van der Waals surface area (Å²) in [7, 11) is 0. The van der Waals surface area contributed by atoms with E-state index in [0.29, 0.717) is 5.41 Å². The average Bonchev–Trinajstić information content (AvgIpc) is 2.81. The minimum Gasteiger partial charge on any atom is -0.314 e. The van der Waals surface area contributed by atoms with E-state index >= 15 is 0 Å². The molecule has 1 rings (SSSR count). The van der Waals surface area contributed by atoms with Gasteiger partial charge in [-0.05, 0) is 50.0 Å². The average molecular weight is 209 g/mol. The predicted octanol–water partition coefficient (Wildman–Crippen LogP) is 3.76. The summed E-state index contributed by atoms with van der Waals surface area (Å²) in [4.78, 5) is 0. The van der Waals surface area contributed by atoms with Gasteiger partial charge in [-0.3, -0.25) is 0 Å². The highest BCUT2D eigenvalue weighted by Gasteiger charge is 2.49. The van der Waals surface area contributed by atoms with Crippen LogP contribution in [0.15, 0.2) is 12.7 Å². The Morgan fingerprint density at radius 2 is 2.20 bits per heavy atom. The monoisotopic (exact) mass is 209 g/mol. The molecule has 0 heterocycles. The van der Waals surface area contributed by atoms with Crippen LogP contribution in [-0.2, 0) is 0 Å². The third-order valence-electron chi connectivity index (χ3n) is 3.66. The van der Waals surface area contributed by atoms with E-state index in [1.54, 1.807) is 0 Å². The lowest BCUT2D eigenvalue weighted by Crippen LogP contribution is -2.33. The van der Waals surface area contributed by atoms with Crippen molar-refractivity contribution >= 4 is 0 Å². The number of rotatable bonds is 8. The van der Waals surface area contributed by atoms with Crippen LogP contribution < -0.4 is 5.32 Å². The van der Waals surface area contributed by atoms with Crippen molar-refractivity contribution in [2.75, 3.05) is 6.54 Å². The molecule has 0 aromatic rings. The van der Waals surface area contributed by atoms with Crippen LogP contribution in [0.3, 0.4) is 0 Å². The molecular formula is C14H27N. The Balaban J connectivity index is 2.29. The topological polar surface area (TPSA) is 12.0 Å². The smallest absolute Gasteiger partial charge is 0.0101 e. The summed E-state index contributed by atoms with van der Waals surface area (Å²) in [5, 5.41) is 3.71. The van der Waals surface area contributed by atoms with E-state index in [4.69, 9.17) is 0 Å². The first-order valence-electron chi connectivity index (χ1n) is 6.46. The van der Waals surface area contributed by atoms with Crippen LogP contribution in [0, 0.1) is 11.3 Å². The van der Waals surface area contributed by atoms with Crippen LogP contribution >= 0.6 is 0 Å². The molecule has 1 aliphatic rings. The van der Waals surface area contributed by atoms with Gasteiger partial charge >= 0.3 is 0 Å². The van der Waals surface area contributed by atoms with Gasteiger partial charge in [-0.1, -0.05) is 26.8 Å². The summed E-state index contributed by atoms with van der Waals surface area (Å²) in [6.45, 7) is 12.0. The van der Waals surface area contributed by atoms with Gasteiger partial charge in [-0.15, -0.1) is 6.58 Å². The molecule has 1 nitrogen and oxygen atoms in total. The molecule has 1 N–H and O–H groups in total. The van der Waals surface area contributed by atoms with E-state index in [9.17, 15) is 0 Å². The zero-order chi connectivity index (χ0) is 11.3. The number of hydrogen-bond donors (Lipinski definition) is 1. The highest BCUT2D eigenvalue weighted by Crippen LogP contribution is 2.54. The lowest BCUT2D eigenvalue weighted by Gasteiger charge is -2.20. The molecule has 15 heavy (non-hydrogen) atoms. The Bertz CT molecular complexity index is 196. The van der Waals surface area contributed by atoms with Crippen molar-refractivity contribution in [3.8, 4) is 0 Å². The summed E-state index contributed by atoms with van der Waals surface area (Å²) in [6, 6.07) is 0.750. The van der Waals surface area contributed by atoms with Crippen LogP contribution in [0.2, 0.25) is 0 Å². The van der Waals surface area contributed by atoms with Crippen LogP contribution in [0.5, 0.6) is 0 Å². The Hall–Kier alpha value is -0.300. The first kappa shape index (κ1) is 12.8. The Morgan fingerprint density at radius 3 is 2.67 bits per heavy atom. The largest absolute Gasteiger partial charge is 0.314 e. The van der Waals surface area contributed by atoms with E-state index in [1.165, 1.54) is 32.2 Å². The fourth-order valence-corrected chi connectivity index (χ4v) is 2.45. The van der Waals surface area contributed by atoms with Crippen molar-refractivity contribution in [1.29, 1.82) is 0 Å². The van der Waals surface area contributed by atoms with Crippen LogP contribution in [0.4, 0.5) is 0 Å². The Kier molecular flexibility index (Phi) is 4.85. The van der Waals surface area contributed by atoms with Crippen LogP contribution in [-0.4, -0.2) is 12.6 Å². The Morgan fingerprint density at radius 1 is 1.53 bits per heavy atom. The lowest BCUT2D eigenvalue weighted by atomic mass is 9.99. The standard InChI is InChI=1S/C14H27N/c1-5-7-8-9-13(15-10-6-2)12-11-14(12,3)4/h5,12-13,15H,1,6-11H2,2-4H3. The van der Waals surface area contributed by atoms with Gasteiger partial charge in [0.2, 0.25) is 0 Å². The molecule has 0 bridgehead atoms. The fourth-order valence-electron chi connectivity index (χ4n) is 2.45. The van der Waals surface area contributed by atoms with Gasteiger partial charge in [0.1, 0.15) is 0 Å². The van der Waals surface area contributed by atoms with Gasteiger partial charge in [-0.25, -0.2) is 0 Å². The van der Waals surface area contributed by atoms with Gasteiger partial charge in [0.25, 0.3) is 0 Å². The first-order chi connectivity index (χ1) is 7.11. The third kappa shape index (κ3) is 3.98. The van der Waals surface area contributed by atoms with E-state index in [1.807, 2.05) is 6.08 Å². The summed E-state index contributed by atoms with van der Waals surface area (Å²) in [6.07, 6.45) is 8.46. The quantitative estimate of drug-likeness (QED) is 0.474. The summed E-state index contributed by atoms with van der Waals surface area (Å²) in [5.74, 6) is 0.911. The molecule has 1 heteroatoms. The maximum Gasteiger partial charge on any atom is 0.0101 e. The molecule has 0 aromatic carbocycles. The molecule has 0 radical (unpaired) electrons. The normalized spacial score (nSPS) is 24.9. The van der Waals surface area contributed by atoms with Crippen molar-refractivity contribution in [2.24, 2.45) is 11.3 Å². The minimum atomic E-state index is 0.597. The molecule has 0 spiro atoms. The Labute approximate surface area is 95.3 Å². The molecule has 88 valence electrons. The minimum absolute atomic E-state index is 0.597. The predicted molar refractivity (Wildman–Crippen MR) is 68.0 cm³/mol.